The van der Waals surface area contributed by atoms with Crippen LogP contribution in [0.1, 0.15) is 54.3 Å². The van der Waals surface area contributed by atoms with Crippen LogP contribution in [-0.4, -0.2) is 55.2 Å². The first-order valence-corrected chi connectivity index (χ1v) is 14.1. The molecule has 1 fully saturated rings. The second-order valence-electron chi connectivity index (χ2n) is 9.64. The van der Waals surface area contributed by atoms with E-state index in [9.17, 15) is 30.4 Å². The Labute approximate surface area is 236 Å². The number of benzene rings is 1. The number of halogens is 5. The molecule has 1 aliphatic carbocycles. The van der Waals surface area contributed by atoms with Gasteiger partial charge in [0.05, 0.1) is 5.92 Å². The Kier molecular flexibility index (Phi) is 9.30. The number of anilines is 1. The molecule has 2 aliphatic rings. The molecule has 2 N–H and O–H groups in total. The first-order chi connectivity index (χ1) is 19.7. The number of carboxylic acids is 1. The molecule has 0 unspecified atom stereocenters. The number of aromatic nitrogens is 3. The first-order valence-electron chi connectivity index (χ1n) is 12.7. The second-order valence-corrected chi connectivity index (χ2v) is 11.3. The number of fused-ring (bicyclic) bond motifs is 1. The van der Waals surface area contributed by atoms with E-state index in [0.29, 0.717) is 12.4 Å². The number of alkyl halides is 5. The van der Waals surface area contributed by atoms with Crippen molar-refractivity contribution in [2.45, 2.75) is 62.2 Å². The summed E-state index contributed by atoms with van der Waals surface area (Å²) >= 11 is 0. The highest BCUT2D eigenvalue weighted by molar-refractivity contribution is 7.92. The highest BCUT2D eigenvalue weighted by Crippen LogP contribution is 2.38. The van der Waals surface area contributed by atoms with Crippen molar-refractivity contribution in [1.29, 1.82) is 0 Å². The van der Waals surface area contributed by atoms with Crippen molar-refractivity contribution < 1.29 is 54.5 Å². The van der Waals surface area contributed by atoms with Gasteiger partial charge >= 0.3 is 22.1 Å². The number of aromatic amines is 1. The lowest BCUT2D eigenvalue weighted by Gasteiger charge is -2.34. The maximum atomic E-state index is 13.0. The van der Waals surface area contributed by atoms with Gasteiger partial charge in [-0.1, -0.05) is 12.1 Å². The number of sulfonamides is 1. The lowest BCUT2D eigenvalue weighted by atomic mass is 9.97. The van der Waals surface area contributed by atoms with Crippen LogP contribution in [0.25, 0.3) is 0 Å². The Balaban J connectivity index is 0.000000517. The summed E-state index contributed by atoms with van der Waals surface area (Å²) in [7, 11) is -3.84. The molecule has 1 saturated carbocycles. The molecule has 3 aromatic rings. The van der Waals surface area contributed by atoms with E-state index < -0.39 is 35.2 Å². The zero-order valence-corrected chi connectivity index (χ0v) is 22.8. The normalized spacial score (nSPS) is 16.3. The van der Waals surface area contributed by atoms with Gasteiger partial charge in [-0.15, -0.1) is 0 Å². The maximum Gasteiger partial charge on any atom is 0.446 e. The van der Waals surface area contributed by atoms with E-state index in [2.05, 4.69) is 24.7 Å². The number of nitrogens with one attached hydrogen (secondary N) is 2. The number of ether oxygens (including phenoxy) is 1. The van der Waals surface area contributed by atoms with Gasteiger partial charge < -0.3 is 14.6 Å². The molecular weight excluding hydrogens is 593 g/mol. The van der Waals surface area contributed by atoms with Crippen molar-refractivity contribution in [1.82, 2.24) is 15.0 Å². The number of carbonyl (C=O) groups excluding carboxylic acids is 1. The third-order valence-corrected chi connectivity index (χ3v) is 7.90. The van der Waals surface area contributed by atoms with Crippen molar-refractivity contribution in [2.75, 3.05) is 17.9 Å². The summed E-state index contributed by atoms with van der Waals surface area (Å²) in [5.74, 6) is -1.92. The number of H-pyrrole nitrogens is 1. The van der Waals surface area contributed by atoms with Gasteiger partial charge in [0.25, 0.3) is 12.3 Å². The van der Waals surface area contributed by atoms with Gasteiger partial charge in [0, 0.05) is 31.4 Å². The van der Waals surface area contributed by atoms with Gasteiger partial charge in [-0.25, -0.2) is 18.7 Å². The fraction of sp³-hybridized carbons (Fsp3) is 0.440. The lowest BCUT2D eigenvalue weighted by molar-refractivity contribution is -0.382. The molecule has 0 amide bonds. The summed E-state index contributed by atoms with van der Waals surface area (Å²) in [6.07, 6.45) is -3.34. The first kappa shape index (κ1) is 31.1. The van der Waals surface area contributed by atoms with Gasteiger partial charge in [-0.05, 0) is 55.0 Å². The maximum absolute atomic E-state index is 13.0. The molecule has 0 bridgehead atoms. The SMILES string of the molecule is C[C@H](c1ccc(OCC(F)F)nc1)N1CCc2ccc(S(=O)(=O)Nc3noc(C4CC4)[nH+]3)cc2C1.O=C([O-])C(F)(F)F. The Morgan fingerprint density at radius 2 is 1.95 bits per heavy atom. The van der Waals surface area contributed by atoms with E-state index in [4.69, 9.17) is 19.2 Å². The average Bonchev–Trinajstić information content (AvgIpc) is 3.69. The number of aliphatic carboxylic acids is 1. The van der Waals surface area contributed by atoms with Crippen molar-refractivity contribution >= 4 is 21.9 Å². The van der Waals surface area contributed by atoms with Crippen LogP contribution in [0.15, 0.2) is 45.9 Å². The van der Waals surface area contributed by atoms with Gasteiger partial charge in [0.2, 0.25) is 5.88 Å². The van der Waals surface area contributed by atoms with Crippen molar-refractivity contribution in [2.24, 2.45) is 0 Å². The summed E-state index contributed by atoms with van der Waals surface area (Å²) in [6.45, 7) is 2.69. The Morgan fingerprint density at radius 1 is 1.24 bits per heavy atom. The van der Waals surface area contributed by atoms with Crippen LogP contribution in [-0.2, 0) is 27.8 Å². The fourth-order valence-corrected chi connectivity index (χ4v) is 5.15. The molecule has 228 valence electrons. The van der Waals surface area contributed by atoms with Crippen molar-refractivity contribution in [3.63, 3.8) is 0 Å². The van der Waals surface area contributed by atoms with Crippen molar-refractivity contribution in [3.8, 4) is 5.88 Å². The predicted molar refractivity (Wildman–Crippen MR) is 132 cm³/mol. The minimum Gasteiger partial charge on any atom is -0.542 e. The van der Waals surface area contributed by atoms with Crippen LogP contribution < -0.4 is 19.5 Å². The summed E-state index contributed by atoms with van der Waals surface area (Å²) in [5, 5.41) is 12.6. The van der Waals surface area contributed by atoms with E-state index in [1.54, 1.807) is 24.4 Å². The summed E-state index contributed by atoms with van der Waals surface area (Å²) in [6, 6.07) is 8.53. The molecule has 5 rings (SSSR count). The lowest BCUT2D eigenvalue weighted by Crippen LogP contribution is -2.37. The Hall–Kier alpha value is -3.86. The molecule has 1 atom stereocenters. The molecule has 0 radical (unpaired) electrons. The summed E-state index contributed by atoms with van der Waals surface area (Å²) in [4.78, 5) is 18.2. The number of carboxylic acid groups (broad SMARTS) is 1. The number of nitrogens with zero attached hydrogens (tertiary/aromatic N) is 3. The monoisotopic (exact) mass is 619 g/mol. The van der Waals surface area contributed by atoms with Gasteiger partial charge in [-0.3, -0.25) is 9.42 Å². The van der Waals surface area contributed by atoms with E-state index in [1.165, 1.54) is 0 Å². The highest BCUT2D eigenvalue weighted by Gasteiger charge is 2.34. The third-order valence-electron chi connectivity index (χ3n) is 6.56. The molecular formula is C25H26F5N5O6S. The molecule has 3 heterocycles. The van der Waals surface area contributed by atoms with Crippen LogP contribution in [0.2, 0.25) is 0 Å². The largest absolute Gasteiger partial charge is 0.542 e. The van der Waals surface area contributed by atoms with E-state index in [1.807, 2.05) is 19.1 Å². The third kappa shape index (κ3) is 8.12. The van der Waals surface area contributed by atoms with Crippen LogP contribution in [0, 0.1) is 0 Å². The number of hydrogen-bond donors (Lipinski definition) is 1. The smallest absolute Gasteiger partial charge is 0.446 e. The van der Waals surface area contributed by atoms with Gasteiger partial charge in [0.15, 0.2) is 6.61 Å². The van der Waals surface area contributed by atoms with Gasteiger partial charge in [-0.2, -0.15) is 26.3 Å². The van der Waals surface area contributed by atoms with Crippen LogP contribution in [0.3, 0.4) is 0 Å². The summed E-state index contributed by atoms with van der Waals surface area (Å²) < 4.78 is 94.7. The molecule has 42 heavy (non-hydrogen) atoms. The highest BCUT2D eigenvalue weighted by atomic mass is 32.2. The molecule has 2 aromatic heterocycles. The second kappa shape index (κ2) is 12.6. The molecule has 0 spiro atoms. The zero-order chi connectivity index (χ0) is 30.7. The zero-order valence-electron chi connectivity index (χ0n) is 22.0. The minimum absolute atomic E-state index is 0.0104. The quantitative estimate of drug-likeness (QED) is 0.357. The topological polar surface area (TPSA) is 152 Å². The molecule has 11 nitrogen and oxygen atoms in total. The standard InChI is InChI=1S/C23H25F2N5O4S.C2HF3O2/c1-14(17-5-7-21(26-11-17)33-13-20(24)25)30-9-8-15-4-6-19(10-18(15)12-30)35(31,32)29-23-27-22(34-28-23)16-2-3-16;3-2(4,5)1(6)7/h4-7,10-11,14,16,20H,2-3,8-9,12-13H2,1H3,(H,28,29);(H,6,7)/t14-;/m1./s1. The van der Waals surface area contributed by atoms with Crippen LogP contribution in [0.4, 0.5) is 27.9 Å². The summed E-state index contributed by atoms with van der Waals surface area (Å²) in [5.41, 5.74) is 2.94. The Bertz CT molecular complexity index is 1500. The van der Waals surface area contributed by atoms with Gasteiger partial charge in [0.1, 0.15) is 16.0 Å². The molecule has 1 aliphatic heterocycles. The van der Waals surface area contributed by atoms with Crippen LogP contribution >= 0.6 is 0 Å². The molecule has 1 aromatic carbocycles. The molecule has 17 heteroatoms. The van der Waals surface area contributed by atoms with E-state index >= 15 is 0 Å². The average molecular weight is 620 g/mol. The molecule has 0 saturated heterocycles. The van der Waals surface area contributed by atoms with Crippen LogP contribution in [0.5, 0.6) is 5.88 Å². The number of hydrogen-bond acceptors (Lipinski definition) is 9. The Morgan fingerprint density at radius 3 is 2.55 bits per heavy atom. The number of carbonyl (C=O) groups is 1. The predicted octanol–water partition coefficient (Wildman–Crippen LogP) is 2.62. The number of pyridine rings is 1. The van der Waals surface area contributed by atoms with E-state index in [-0.39, 0.29) is 28.7 Å². The fourth-order valence-electron chi connectivity index (χ4n) is 4.15. The van der Waals surface area contributed by atoms with E-state index in [0.717, 1.165) is 42.5 Å². The minimum atomic E-state index is -5.19. The van der Waals surface area contributed by atoms with Crippen molar-refractivity contribution in [3.05, 3.63) is 59.1 Å². The number of rotatable bonds is 9.